The van der Waals surface area contributed by atoms with E-state index in [4.69, 9.17) is 20.9 Å². The van der Waals surface area contributed by atoms with E-state index in [9.17, 15) is 9.66 Å². The Labute approximate surface area is 281 Å². The van der Waals surface area contributed by atoms with E-state index in [-0.39, 0.29) is 68.6 Å². The van der Waals surface area contributed by atoms with Crippen molar-refractivity contribution in [2.75, 3.05) is 71.5 Å². The molecule has 252 valence electrons. The number of ether oxygens (including phenoxy) is 2. The van der Waals surface area contributed by atoms with Crippen LogP contribution in [0.25, 0.3) is 22.3 Å². The van der Waals surface area contributed by atoms with E-state index in [1.165, 1.54) is 28.6 Å². The summed E-state index contributed by atoms with van der Waals surface area (Å²) in [4.78, 5) is 13.8. The van der Waals surface area contributed by atoms with Crippen LogP contribution in [0, 0.1) is 29.0 Å². The third-order valence-corrected chi connectivity index (χ3v) is 12.0. The minimum Gasteiger partial charge on any atom is -0.588 e. The van der Waals surface area contributed by atoms with Crippen molar-refractivity contribution in [3.8, 4) is 24.1 Å². The number of phenolic OH excluding ortho intramolecular Hbond substituents is 1. The summed E-state index contributed by atoms with van der Waals surface area (Å²) in [5.74, 6) is 1.17. The molecule has 1 atom stereocenters. The van der Waals surface area contributed by atoms with E-state index in [1.807, 2.05) is 14.1 Å². The lowest BCUT2D eigenvalue weighted by atomic mass is 9.73. The first-order chi connectivity index (χ1) is 23.1. The number of hydrogen-bond donors (Lipinski definition) is 2. The molecule has 2 N–H and O–H groups in total. The smallest absolute Gasteiger partial charge is 0.319 e. The average Bonchev–Trinajstić information content (AvgIpc) is 3.79. The predicted octanol–water partition coefficient (Wildman–Crippen LogP) is 3.90. The Morgan fingerprint density at radius 3 is 2.52 bits per heavy atom. The van der Waals surface area contributed by atoms with Crippen LogP contribution in [-0.4, -0.2) is 102 Å². The van der Waals surface area contributed by atoms with Crippen LogP contribution in [-0.2, 0) is 16.1 Å². The van der Waals surface area contributed by atoms with Crippen molar-refractivity contribution in [1.29, 1.82) is 0 Å². The molecule has 4 aliphatic heterocycles. The molecule has 0 radical (unpaired) electrons. The number of fused-ring (bicyclic) bond motifs is 2. The number of phenols is 1. The SMILES string of the molecule is C#Cc1c(F)ccc2cc(O)cc(C3=C(F)c4nc(OCC5(CN(C)C)CC5)nc(N5CCC6(CC5)CNC6)c4[S+]([O-])N3C3COC3)c12. The van der Waals surface area contributed by atoms with Gasteiger partial charge in [-0.05, 0) is 68.8 Å². The van der Waals surface area contributed by atoms with Crippen LogP contribution < -0.4 is 15.0 Å². The maximum atomic E-state index is 17.5. The number of nitrogens with one attached hydrogen (secondary N) is 1. The molecule has 5 heterocycles. The van der Waals surface area contributed by atoms with Gasteiger partial charge in [0, 0.05) is 49.1 Å². The van der Waals surface area contributed by atoms with Crippen molar-refractivity contribution in [1.82, 2.24) is 24.5 Å². The predicted molar refractivity (Wildman–Crippen MR) is 179 cm³/mol. The van der Waals surface area contributed by atoms with Crippen LogP contribution in [0.4, 0.5) is 14.6 Å². The summed E-state index contributed by atoms with van der Waals surface area (Å²) in [6.07, 6.45) is 9.63. The van der Waals surface area contributed by atoms with Gasteiger partial charge in [-0.1, -0.05) is 12.0 Å². The number of rotatable bonds is 8. The topological polar surface area (TPSA) is 109 Å². The molecule has 1 saturated carbocycles. The fourth-order valence-electron chi connectivity index (χ4n) is 7.50. The zero-order valence-corrected chi connectivity index (χ0v) is 27.8. The quantitative estimate of drug-likeness (QED) is 0.270. The van der Waals surface area contributed by atoms with Gasteiger partial charge in [0.05, 0.1) is 25.4 Å². The monoisotopic (exact) mass is 676 g/mol. The highest BCUT2D eigenvalue weighted by Crippen LogP contribution is 2.50. The molecule has 3 aromatic rings. The number of terminal acetylenes is 1. The molecule has 3 saturated heterocycles. The number of aromatic hydroxyl groups is 1. The highest BCUT2D eigenvalue weighted by molar-refractivity contribution is 7.89. The van der Waals surface area contributed by atoms with Gasteiger partial charge in [0.25, 0.3) is 4.90 Å². The Balaban J connectivity index is 1.31. The number of benzene rings is 2. The van der Waals surface area contributed by atoms with Gasteiger partial charge in [-0.2, -0.15) is 14.3 Å². The van der Waals surface area contributed by atoms with Gasteiger partial charge in [0.2, 0.25) is 0 Å². The van der Waals surface area contributed by atoms with Crippen LogP contribution in [0.5, 0.6) is 11.8 Å². The van der Waals surface area contributed by atoms with Crippen molar-refractivity contribution < 1.29 is 27.9 Å². The highest BCUT2D eigenvalue weighted by Gasteiger charge is 2.50. The summed E-state index contributed by atoms with van der Waals surface area (Å²) in [6.45, 7) is 4.87. The molecule has 1 aliphatic carbocycles. The van der Waals surface area contributed by atoms with Gasteiger partial charge in [-0.3, -0.25) is 0 Å². The zero-order valence-electron chi connectivity index (χ0n) is 27.0. The average molecular weight is 677 g/mol. The molecule has 1 spiro atoms. The molecule has 1 unspecified atom stereocenters. The van der Waals surface area contributed by atoms with Crippen LogP contribution >= 0.6 is 0 Å². The molecule has 13 heteroatoms. The minimum atomic E-state index is -2.00. The Bertz CT molecular complexity index is 1860. The van der Waals surface area contributed by atoms with Crippen molar-refractivity contribution >= 4 is 39.5 Å². The van der Waals surface area contributed by atoms with Crippen LogP contribution in [0.1, 0.15) is 42.5 Å². The first kappa shape index (κ1) is 31.6. The Morgan fingerprint density at radius 1 is 1.17 bits per heavy atom. The standard InChI is InChI=1S/C35H38F2N6O4S/c1-4-24-26(36)6-5-21-13-23(44)14-25(27(21)24)30-28(37)29-31(48(45)43(30)22-15-46-16-22)32(42-11-9-34(10-12-42)17-38-18-34)40-33(39-29)47-20-35(7-8-35)19-41(2)3/h1,5-6,13-14,22,38,44H,7-12,15-20H2,2-3H3. The molecule has 0 amide bonds. The van der Waals surface area contributed by atoms with Gasteiger partial charge >= 0.3 is 6.01 Å². The first-order valence-corrected chi connectivity index (χ1v) is 17.5. The molecule has 0 bridgehead atoms. The second-order valence-corrected chi connectivity index (χ2v) is 15.5. The summed E-state index contributed by atoms with van der Waals surface area (Å²) < 4.78 is 60.7. The summed E-state index contributed by atoms with van der Waals surface area (Å²) in [5, 5.41) is 14.8. The van der Waals surface area contributed by atoms with Gasteiger partial charge in [-0.25, -0.2) is 8.78 Å². The summed E-state index contributed by atoms with van der Waals surface area (Å²) in [7, 11) is 4.04. The van der Waals surface area contributed by atoms with Crippen molar-refractivity contribution in [3.05, 3.63) is 46.9 Å². The maximum Gasteiger partial charge on any atom is 0.319 e. The minimum absolute atomic E-state index is 0.0161. The maximum absolute atomic E-state index is 17.5. The van der Waals surface area contributed by atoms with Gasteiger partial charge in [0.15, 0.2) is 17.3 Å². The fourth-order valence-corrected chi connectivity index (χ4v) is 9.07. The molecule has 48 heavy (non-hydrogen) atoms. The number of piperidine rings is 1. The van der Waals surface area contributed by atoms with Crippen LogP contribution in [0.2, 0.25) is 0 Å². The van der Waals surface area contributed by atoms with Crippen LogP contribution in [0.15, 0.2) is 29.2 Å². The number of hydrogen-bond acceptors (Lipinski definition) is 10. The fraction of sp³-hybridized carbons (Fsp3) is 0.486. The Morgan fingerprint density at radius 2 is 1.92 bits per heavy atom. The molecule has 8 rings (SSSR count). The molecule has 5 aliphatic rings. The van der Waals surface area contributed by atoms with E-state index in [1.54, 1.807) is 0 Å². The normalized spacial score (nSPS) is 22.8. The number of nitrogens with zero attached hydrogens (tertiary/aromatic N) is 5. The largest absolute Gasteiger partial charge is 0.588 e. The second kappa shape index (κ2) is 11.7. The molecular formula is C35H38F2N6O4S. The zero-order chi connectivity index (χ0) is 33.4. The summed E-state index contributed by atoms with van der Waals surface area (Å²) in [6, 6.07) is 5.02. The van der Waals surface area contributed by atoms with E-state index >= 15 is 8.78 Å². The lowest BCUT2D eigenvalue weighted by molar-refractivity contribution is -0.0232. The Kier molecular flexibility index (Phi) is 7.72. The highest BCUT2D eigenvalue weighted by atomic mass is 32.2. The number of halogens is 2. The lowest BCUT2D eigenvalue weighted by Gasteiger charge is -2.49. The van der Waals surface area contributed by atoms with Gasteiger partial charge in [-0.15, -0.1) is 6.42 Å². The molecule has 1 aromatic heterocycles. The summed E-state index contributed by atoms with van der Waals surface area (Å²) in [5.41, 5.74) is -0.00316. The van der Waals surface area contributed by atoms with Crippen LogP contribution in [0.3, 0.4) is 0 Å². The van der Waals surface area contributed by atoms with E-state index in [0.29, 0.717) is 30.9 Å². The number of aromatic nitrogens is 2. The van der Waals surface area contributed by atoms with Crippen molar-refractivity contribution in [2.45, 2.75) is 36.6 Å². The summed E-state index contributed by atoms with van der Waals surface area (Å²) >= 11 is -2.00. The van der Waals surface area contributed by atoms with Gasteiger partial charge < -0.3 is 34.2 Å². The molecule has 10 nitrogen and oxygen atoms in total. The molecule has 2 aromatic carbocycles. The first-order valence-electron chi connectivity index (χ1n) is 16.4. The van der Waals surface area contributed by atoms with E-state index in [2.05, 4.69) is 26.0 Å². The number of anilines is 1. The molecular weight excluding hydrogens is 638 g/mol. The van der Waals surface area contributed by atoms with Gasteiger partial charge in [0.1, 0.15) is 34.7 Å². The third-order valence-electron chi connectivity index (χ3n) is 10.5. The Hall–Kier alpha value is -3.67. The van der Waals surface area contributed by atoms with E-state index < -0.39 is 29.0 Å². The molecule has 4 fully saturated rings. The van der Waals surface area contributed by atoms with Crippen molar-refractivity contribution in [3.63, 3.8) is 0 Å². The van der Waals surface area contributed by atoms with E-state index in [0.717, 1.165) is 45.3 Å². The second-order valence-electron chi connectivity index (χ2n) is 14.2. The van der Waals surface area contributed by atoms with Crippen molar-refractivity contribution in [2.24, 2.45) is 10.8 Å². The lowest BCUT2D eigenvalue weighted by Crippen LogP contribution is -2.58. The third kappa shape index (κ3) is 5.25.